The smallest absolute Gasteiger partial charge is 0.248 e. The molecule has 0 bridgehead atoms. The predicted molar refractivity (Wildman–Crippen MR) is 86.0 cm³/mol. The molecule has 5 nitrogen and oxygen atoms in total. The number of carbonyl (C=O) groups excluding carboxylic acids is 1. The molecule has 1 aromatic carbocycles. The fourth-order valence-corrected chi connectivity index (χ4v) is 2.73. The number of rotatable bonds is 8. The van der Waals surface area contributed by atoms with E-state index in [9.17, 15) is 4.79 Å². The summed E-state index contributed by atoms with van der Waals surface area (Å²) in [6.45, 7) is 3.68. The third-order valence-corrected chi connectivity index (χ3v) is 3.83. The average Bonchev–Trinajstić information content (AvgIpc) is 2.56. The molecule has 0 saturated carbocycles. The number of likely N-dealkylation sites (tertiary alicyclic amines) is 1. The van der Waals surface area contributed by atoms with Crippen LogP contribution in [-0.2, 0) is 9.53 Å². The highest BCUT2D eigenvalue weighted by Crippen LogP contribution is 2.15. The van der Waals surface area contributed by atoms with Crippen LogP contribution in [0, 0.1) is 5.92 Å². The fourth-order valence-electron chi connectivity index (χ4n) is 2.73. The van der Waals surface area contributed by atoms with Gasteiger partial charge in [-0.25, -0.2) is 0 Å². The minimum atomic E-state index is 0.0838. The second kappa shape index (κ2) is 9.43. The van der Waals surface area contributed by atoms with Gasteiger partial charge in [0.05, 0.1) is 6.61 Å². The lowest BCUT2D eigenvalue weighted by Crippen LogP contribution is -2.44. The number of hydrogen-bond acceptors (Lipinski definition) is 4. The van der Waals surface area contributed by atoms with Gasteiger partial charge in [0.25, 0.3) is 0 Å². The van der Waals surface area contributed by atoms with Crippen molar-refractivity contribution in [1.82, 2.24) is 10.2 Å². The summed E-state index contributed by atoms with van der Waals surface area (Å²) in [6.07, 6.45) is 2.27. The van der Waals surface area contributed by atoms with E-state index in [1.165, 1.54) is 6.42 Å². The van der Waals surface area contributed by atoms with E-state index in [1.54, 1.807) is 0 Å². The summed E-state index contributed by atoms with van der Waals surface area (Å²) in [6, 6.07) is 9.61. The summed E-state index contributed by atoms with van der Waals surface area (Å²) >= 11 is 0. The van der Waals surface area contributed by atoms with Crippen molar-refractivity contribution in [3.63, 3.8) is 0 Å². The summed E-state index contributed by atoms with van der Waals surface area (Å²) in [4.78, 5) is 14.0. The Morgan fingerprint density at radius 3 is 2.91 bits per heavy atom. The zero-order chi connectivity index (χ0) is 15.6. The van der Waals surface area contributed by atoms with E-state index >= 15 is 0 Å². The highest BCUT2D eigenvalue weighted by Gasteiger charge is 2.22. The predicted octanol–water partition coefficient (Wildman–Crippen LogP) is 1.54. The Bertz CT molecular complexity index is 437. The monoisotopic (exact) mass is 306 g/mol. The number of amides is 1. The summed E-state index contributed by atoms with van der Waals surface area (Å²) in [5.41, 5.74) is 0. The first-order valence-electron chi connectivity index (χ1n) is 7.97. The van der Waals surface area contributed by atoms with Crippen molar-refractivity contribution >= 4 is 5.91 Å². The van der Waals surface area contributed by atoms with Gasteiger partial charge in [-0.3, -0.25) is 4.79 Å². The Kier molecular flexibility index (Phi) is 7.19. The normalized spacial score (nSPS) is 18.2. The molecule has 0 spiro atoms. The molecule has 1 N–H and O–H groups in total. The summed E-state index contributed by atoms with van der Waals surface area (Å²) in [5, 5.41) is 3.19. The first-order chi connectivity index (χ1) is 10.8. The van der Waals surface area contributed by atoms with Gasteiger partial charge in [-0.15, -0.1) is 0 Å². The number of para-hydroxylation sites is 1. The molecule has 1 aliphatic rings. The highest BCUT2D eigenvalue weighted by molar-refractivity contribution is 5.77. The van der Waals surface area contributed by atoms with Gasteiger partial charge >= 0.3 is 0 Å². The third kappa shape index (κ3) is 5.66. The van der Waals surface area contributed by atoms with Crippen molar-refractivity contribution in [2.24, 2.45) is 5.92 Å². The van der Waals surface area contributed by atoms with Crippen LogP contribution in [0.5, 0.6) is 5.75 Å². The molecule has 1 atom stereocenters. The van der Waals surface area contributed by atoms with Crippen LogP contribution < -0.4 is 10.1 Å². The van der Waals surface area contributed by atoms with E-state index in [1.807, 2.05) is 42.3 Å². The SMILES string of the molecule is CNCC1CCCN(C(=O)COCCOc2ccccc2)C1. The number of carbonyl (C=O) groups is 1. The number of piperidine rings is 1. The van der Waals surface area contributed by atoms with Gasteiger partial charge in [0.1, 0.15) is 19.0 Å². The van der Waals surface area contributed by atoms with Crippen LogP contribution >= 0.6 is 0 Å². The van der Waals surface area contributed by atoms with Gasteiger partial charge in [0, 0.05) is 13.1 Å². The van der Waals surface area contributed by atoms with E-state index in [4.69, 9.17) is 9.47 Å². The molecule has 0 aliphatic carbocycles. The maximum absolute atomic E-state index is 12.1. The van der Waals surface area contributed by atoms with Gasteiger partial charge in [-0.1, -0.05) is 18.2 Å². The lowest BCUT2D eigenvalue weighted by Gasteiger charge is -2.32. The first kappa shape index (κ1) is 16.8. The molecule has 0 radical (unpaired) electrons. The van der Waals surface area contributed by atoms with Gasteiger partial charge in [0.2, 0.25) is 5.91 Å². The zero-order valence-electron chi connectivity index (χ0n) is 13.3. The van der Waals surface area contributed by atoms with E-state index in [0.29, 0.717) is 19.1 Å². The molecular weight excluding hydrogens is 280 g/mol. The molecule has 1 fully saturated rings. The second-order valence-corrected chi connectivity index (χ2v) is 5.62. The Morgan fingerprint density at radius 1 is 1.32 bits per heavy atom. The van der Waals surface area contributed by atoms with Gasteiger partial charge < -0.3 is 19.7 Å². The lowest BCUT2D eigenvalue weighted by molar-refractivity contribution is -0.138. The van der Waals surface area contributed by atoms with Crippen LogP contribution in [0.1, 0.15) is 12.8 Å². The Labute approximate surface area is 132 Å². The van der Waals surface area contributed by atoms with Crippen LogP contribution in [0.15, 0.2) is 30.3 Å². The van der Waals surface area contributed by atoms with Crippen molar-refractivity contribution in [3.8, 4) is 5.75 Å². The van der Waals surface area contributed by atoms with Crippen LogP contribution in [0.25, 0.3) is 0 Å². The number of hydrogen-bond donors (Lipinski definition) is 1. The molecule has 1 heterocycles. The second-order valence-electron chi connectivity index (χ2n) is 5.62. The average molecular weight is 306 g/mol. The molecule has 122 valence electrons. The van der Waals surface area contributed by atoms with Crippen LogP contribution in [0.2, 0.25) is 0 Å². The Balaban J connectivity index is 1.59. The highest BCUT2D eigenvalue weighted by atomic mass is 16.5. The van der Waals surface area contributed by atoms with E-state index in [0.717, 1.165) is 31.8 Å². The standard InChI is InChI=1S/C17H26N2O3/c1-18-12-15-6-5-9-19(13-15)17(20)14-21-10-11-22-16-7-3-2-4-8-16/h2-4,7-8,15,18H,5-6,9-14H2,1H3. The Hall–Kier alpha value is -1.59. The topological polar surface area (TPSA) is 50.8 Å². The number of benzene rings is 1. The van der Waals surface area contributed by atoms with Crippen LogP contribution in [0.4, 0.5) is 0 Å². The third-order valence-electron chi connectivity index (χ3n) is 3.83. The molecule has 22 heavy (non-hydrogen) atoms. The van der Waals surface area contributed by atoms with Gasteiger partial charge in [0.15, 0.2) is 0 Å². The molecule has 5 heteroatoms. The first-order valence-corrected chi connectivity index (χ1v) is 7.97. The molecule has 1 amide bonds. The van der Waals surface area contributed by atoms with Crippen molar-refractivity contribution in [2.45, 2.75) is 12.8 Å². The minimum absolute atomic E-state index is 0.0838. The number of ether oxygens (including phenoxy) is 2. The molecular formula is C17H26N2O3. The Morgan fingerprint density at radius 2 is 2.14 bits per heavy atom. The largest absolute Gasteiger partial charge is 0.491 e. The molecule has 1 unspecified atom stereocenters. The van der Waals surface area contributed by atoms with Crippen LogP contribution in [0.3, 0.4) is 0 Å². The van der Waals surface area contributed by atoms with Crippen molar-refractivity contribution in [1.29, 1.82) is 0 Å². The minimum Gasteiger partial charge on any atom is -0.491 e. The van der Waals surface area contributed by atoms with Gasteiger partial charge in [-0.2, -0.15) is 0 Å². The maximum Gasteiger partial charge on any atom is 0.248 e. The fraction of sp³-hybridized carbons (Fsp3) is 0.588. The summed E-state index contributed by atoms with van der Waals surface area (Å²) in [7, 11) is 1.95. The molecule has 1 aliphatic heterocycles. The van der Waals surface area contributed by atoms with E-state index in [-0.39, 0.29) is 12.5 Å². The summed E-state index contributed by atoms with van der Waals surface area (Å²) in [5.74, 6) is 1.47. The number of nitrogens with one attached hydrogen (secondary N) is 1. The quantitative estimate of drug-likeness (QED) is 0.740. The molecule has 1 saturated heterocycles. The molecule has 1 aromatic rings. The van der Waals surface area contributed by atoms with Crippen LogP contribution in [-0.4, -0.2) is 57.3 Å². The van der Waals surface area contributed by atoms with Gasteiger partial charge in [-0.05, 0) is 44.5 Å². The maximum atomic E-state index is 12.1. The van der Waals surface area contributed by atoms with E-state index in [2.05, 4.69) is 5.32 Å². The van der Waals surface area contributed by atoms with Crippen molar-refractivity contribution in [2.75, 3.05) is 46.5 Å². The zero-order valence-corrected chi connectivity index (χ0v) is 13.3. The lowest BCUT2D eigenvalue weighted by atomic mass is 9.98. The summed E-state index contributed by atoms with van der Waals surface area (Å²) < 4.78 is 11.0. The number of nitrogens with zero attached hydrogens (tertiary/aromatic N) is 1. The van der Waals surface area contributed by atoms with E-state index < -0.39 is 0 Å². The molecule has 0 aromatic heterocycles. The molecule has 2 rings (SSSR count). The van der Waals surface area contributed by atoms with Crippen molar-refractivity contribution in [3.05, 3.63) is 30.3 Å². The van der Waals surface area contributed by atoms with Crippen molar-refractivity contribution < 1.29 is 14.3 Å².